The van der Waals surface area contributed by atoms with Crippen molar-refractivity contribution in [2.75, 3.05) is 6.61 Å². The minimum atomic E-state index is -0.258. The SMILES string of the molecule is CCOc1cc(C)c(-c2nc3ccccc3c(=O)n2N=Cc2cc(Cl)c(OC(C)C)c(Br)c2)cc1C(C)C. The summed E-state index contributed by atoms with van der Waals surface area (Å²) in [6.45, 7) is 12.6. The van der Waals surface area contributed by atoms with Crippen LogP contribution < -0.4 is 15.0 Å². The first-order valence-electron chi connectivity index (χ1n) is 12.6. The molecule has 4 rings (SSSR count). The van der Waals surface area contributed by atoms with Crippen LogP contribution in [0.3, 0.4) is 0 Å². The zero-order valence-electron chi connectivity index (χ0n) is 22.4. The number of aromatic nitrogens is 2. The number of ether oxygens (including phenoxy) is 2. The van der Waals surface area contributed by atoms with Gasteiger partial charge in [0.05, 0.1) is 39.3 Å². The smallest absolute Gasteiger partial charge is 0.282 e. The third kappa shape index (κ3) is 5.79. The Bertz CT molecular complexity index is 1550. The molecule has 0 spiro atoms. The summed E-state index contributed by atoms with van der Waals surface area (Å²) in [6.07, 6.45) is 1.57. The van der Waals surface area contributed by atoms with E-state index < -0.39 is 0 Å². The van der Waals surface area contributed by atoms with Crippen molar-refractivity contribution in [2.24, 2.45) is 5.10 Å². The highest BCUT2D eigenvalue weighted by Crippen LogP contribution is 2.36. The second kappa shape index (κ2) is 11.7. The molecule has 8 heteroatoms. The van der Waals surface area contributed by atoms with Gasteiger partial charge in [-0.25, -0.2) is 4.98 Å². The van der Waals surface area contributed by atoms with E-state index in [1.807, 2.05) is 58.0 Å². The molecule has 0 amide bonds. The summed E-state index contributed by atoms with van der Waals surface area (Å²) in [4.78, 5) is 18.6. The maximum Gasteiger partial charge on any atom is 0.282 e. The molecule has 6 nitrogen and oxygen atoms in total. The highest BCUT2D eigenvalue weighted by atomic mass is 79.9. The molecule has 38 heavy (non-hydrogen) atoms. The largest absolute Gasteiger partial charge is 0.494 e. The quantitative estimate of drug-likeness (QED) is 0.193. The summed E-state index contributed by atoms with van der Waals surface area (Å²) in [5.41, 5.74) is 3.85. The van der Waals surface area contributed by atoms with Crippen LogP contribution in [0.25, 0.3) is 22.3 Å². The molecule has 0 bridgehead atoms. The first kappa shape index (κ1) is 27.9. The van der Waals surface area contributed by atoms with Crippen molar-refractivity contribution in [2.45, 2.75) is 53.6 Å². The van der Waals surface area contributed by atoms with Crippen LogP contribution in [0.2, 0.25) is 5.02 Å². The van der Waals surface area contributed by atoms with Crippen molar-refractivity contribution in [3.8, 4) is 22.9 Å². The lowest BCUT2D eigenvalue weighted by Gasteiger charge is -2.18. The maximum absolute atomic E-state index is 13.7. The van der Waals surface area contributed by atoms with E-state index in [1.54, 1.807) is 18.3 Å². The van der Waals surface area contributed by atoms with Gasteiger partial charge < -0.3 is 9.47 Å². The number of hydrogen-bond donors (Lipinski definition) is 0. The van der Waals surface area contributed by atoms with Gasteiger partial charge in [-0.1, -0.05) is 37.6 Å². The minimum Gasteiger partial charge on any atom is -0.494 e. The van der Waals surface area contributed by atoms with Gasteiger partial charge in [0.1, 0.15) is 5.75 Å². The summed E-state index contributed by atoms with van der Waals surface area (Å²) < 4.78 is 13.8. The van der Waals surface area contributed by atoms with Crippen LogP contribution in [-0.4, -0.2) is 28.6 Å². The summed E-state index contributed by atoms with van der Waals surface area (Å²) in [5, 5.41) is 5.55. The lowest BCUT2D eigenvalue weighted by atomic mass is 9.96. The Morgan fingerprint density at radius 1 is 1.13 bits per heavy atom. The number of hydrogen-bond acceptors (Lipinski definition) is 5. The van der Waals surface area contributed by atoms with Gasteiger partial charge in [0.25, 0.3) is 5.56 Å². The van der Waals surface area contributed by atoms with E-state index in [0.29, 0.717) is 44.1 Å². The Morgan fingerprint density at radius 3 is 2.53 bits per heavy atom. The van der Waals surface area contributed by atoms with E-state index in [9.17, 15) is 4.79 Å². The summed E-state index contributed by atoms with van der Waals surface area (Å²) in [5.74, 6) is 2.07. The van der Waals surface area contributed by atoms with E-state index in [2.05, 4.69) is 40.9 Å². The maximum atomic E-state index is 13.7. The van der Waals surface area contributed by atoms with Crippen molar-refractivity contribution in [3.05, 3.63) is 85.1 Å². The van der Waals surface area contributed by atoms with Crippen molar-refractivity contribution in [1.29, 1.82) is 0 Å². The molecule has 198 valence electrons. The van der Waals surface area contributed by atoms with Crippen LogP contribution in [0.15, 0.2) is 62.9 Å². The Balaban J connectivity index is 1.92. The van der Waals surface area contributed by atoms with Gasteiger partial charge in [-0.05, 0) is 103 Å². The van der Waals surface area contributed by atoms with Gasteiger partial charge in [-0.3, -0.25) is 4.79 Å². The molecule has 0 N–H and O–H groups in total. The number of nitrogens with zero attached hydrogens (tertiary/aromatic N) is 3. The molecule has 0 aliphatic carbocycles. The van der Waals surface area contributed by atoms with Gasteiger partial charge in [0.2, 0.25) is 0 Å². The zero-order chi connectivity index (χ0) is 27.6. The molecule has 0 fully saturated rings. The first-order chi connectivity index (χ1) is 18.1. The predicted octanol–water partition coefficient (Wildman–Crippen LogP) is 7.98. The zero-order valence-corrected chi connectivity index (χ0v) is 24.7. The van der Waals surface area contributed by atoms with Crippen LogP contribution in [0.5, 0.6) is 11.5 Å². The van der Waals surface area contributed by atoms with Gasteiger partial charge in [-0.2, -0.15) is 9.78 Å². The summed E-state index contributed by atoms with van der Waals surface area (Å²) in [6, 6.07) is 15.0. The summed E-state index contributed by atoms with van der Waals surface area (Å²) in [7, 11) is 0. The van der Waals surface area contributed by atoms with Gasteiger partial charge in [-0.15, -0.1) is 0 Å². The average molecular weight is 597 g/mol. The number of rotatable bonds is 8. The average Bonchev–Trinajstić information content (AvgIpc) is 2.85. The van der Waals surface area contributed by atoms with Gasteiger partial charge >= 0.3 is 0 Å². The molecule has 0 radical (unpaired) electrons. The Morgan fingerprint density at radius 2 is 1.87 bits per heavy atom. The molecule has 0 saturated carbocycles. The fraction of sp³-hybridized carbons (Fsp3) is 0.300. The Labute approximate surface area is 236 Å². The van der Waals surface area contributed by atoms with Crippen molar-refractivity contribution in [1.82, 2.24) is 9.66 Å². The van der Waals surface area contributed by atoms with E-state index in [0.717, 1.165) is 22.4 Å². The van der Waals surface area contributed by atoms with E-state index in [4.69, 9.17) is 26.1 Å². The Hall–Kier alpha value is -3.16. The van der Waals surface area contributed by atoms with Crippen LogP contribution >= 0.6 is 27.5 Å². The number of aryl methyl sites for hydroxylation is 1. The first-order valence-corrected chi connectivity index (χ1v) is 13.8. The fourth-order valence-electron chi connectivity index (χ4n) is 4.20. The standard InChI is InChI=1S/C30H31BrClN3O3/c1-7-37-27-12-19(6)23(15-22(27)17(2)3)29-34-26-11-9-8-10-21(26)30(36)35(29)33-16-20-13-24(31)28(25(32)14-20)38-18(4)5/h8-18H,7H2,1-6H3. The third-order valence-corrected chi connectivity index (χ3v) is 6.84. The molecule has 1 heterocycles. The lowest BCUT2D eigenvalue weighted by molar-refractivity contribution is 0.241. The molecule has 0 atom stereocenters. The molecular formula is C30H31BrClN3O3. The van der Waals surface area contributed by atoms with Crippen LogP contribution in [-0.2, 0) is 0 Å². The Kier molecular flexibility index (Phi) is 8.58. The van der Waals surface area contributed by atoms with E-state index in [-0.39, 0.29) is 17.6 Å². The minimum absolute atomic E-state index is 0.0267. The molecule has 0 unspecified atom stereocenters. The van der Waals surface area contributed by atoms with Crippen molar-refractivity contribution >= 4 is 44.6 Å². The van der Waals surface area contributed by atoms with Crippen LogP contribution in [0.4, 0.5) is 0 Å². The monoisotopic (exact) mass is 595 g/mol. The van der Waals surface area contributed by atoms with Crippen LogP contribution in [0, 0.1) is 6.92 Å². The molecule has 0 aliphatic heterocycles. The predicted molar refractivity (Wildman–Crippen MR) is 159 cm³/mol. The number of halogens is 2. The molecular weight excluding hydrogens is 566 g/mol. The summed E-state index contributed by atoms with van der Waals surface area (Å²) >= 11 is 10.0. The molecule has 1 aromatic heterocycles. The number of para-hydroxylation sites is 1. The molecule has 3 aromatic carbocycles. The molecule has 4 aromatic rings. The van der Waals surface area contributed by atoms with Gasteiger partial charge in [0.15, 0.2) is 11.6 Å². The topological polar surface area (TPSA) is 65.7 Å². The molecule has 0 saturated heterocycles. The van der Waals surface area contributed by atoms with Gasteiger partial charge in [0, 0.05) is 5.56 Å². The lowest BCUT2D eigenvalue weighted by Crippen LogP contribution is -2.21. The second-order valence-corrected chi connectivity index (χ2v) is 10.8. The van der Waals surface area contributed by atoms with Crippen molar-refractivity contribution in [3.63, 3.8) is 0 Å². The second-order valence-electron chi connectivity index (χ2n) is 9.59. The highest BCUT2D eigenvalue weighted by molar-refractivity contribution is 9.10. The fourth-order valence-corrected chi connectivity index (χ4v) is 5.16. The number of benzene rings is 3. The number of fused-ring (bicyclic) bond motifs is 1. The van der Waals surface area contributed by atoms with Crippen LogP contribution in [0.1, 0.15) is 57.2 Å². The van der Waals surface area contributed by atoms with E-state index in [1.165, 1.54) is 4.68 Å². The third-order valence-electron chi connectivity index (χ3n) is 5.97. The normalized spacial score (nSPS) is 11.7. The highest BCUT2D eigenvalue weighted by Gasteiger charge is 2.19. The molecule has 0 aliphatic rings. The van der Waals surface area contributed by atoms with E-state index >= 15 is 0 Å². The van der Waals surface area contributed by atoms with Crippen molar-refractivity contribution < 1.29 is 9.47 Å².